The number of nitrogens with zero attached hydrogens (tertiary/aromatic N) is 1. The van der Waals surface area contributed by atoms with Crippen LogP contribution in [0.15, 0.2) is 48.5 Å². The highest BCUT2D eigenvalue weighted by Crippen LogP contribution is 2.15. The summed E-state index contributed by atoms with van der Waals surface area (Å²) in [6, 6.07) is 14.0. The van der Waals surface area contributed by atoms with Crippen LogP contribution in [-0.2, 0) is 16.0 Å². The molecule has 0 fully saturated rings. The predicted octanol–water partition coefficient (Wildman–Crippen LogP) is 3.93. The van der Waals surface area contributed by atoms with E-state index in [1.807, 2.05) is 38.1 Å². The summed E-state index contributed by atoms with van der Waals surface area (Å²) in [7, 11) is 0. The number of hydrogen-bond acceptors (Lipinski definition) is 3. The van der Waals surface area contributed by atoms with Gasteiger partial charge < -0.3 is 10.3 Å². The van der Waals surface area contributed by atoms with Gasteiger partial charge in [-0.25, -0.2) is 4.98 Å². The molecule has 3 rings (SSSR count). The summed E-state index contributed by atoms with van der Waals surface area (Å²) >= 11 is 5.88. The van der Waals surface area contributed by atoms with Crippen LogP contribution >= 0.6 is 11.6 Å². The summed E-state index contributed by atoms with van der Waals surface area (Å²) in [4.78, 5) is 32.6. The van der Waals surface area contributed by atoms with E-state index >= 15 is 0 Å². The van der Waals surface area contributed by atoms with E-state index in [1.54, 1.807) is 24.3 Å². The van der Waals surface area contributed by atoms with Crippen LogP contribution in [0.4, 0.5) is 5.95 Å². The molecule has 1 atom stereocenters. The molecule has 1 aromatic heterocycles. The molecule has 0 saturated heterocycles. The summed E-state index contributed by atoms with van der Waals surface area (Å²) in [5.41, 5.74) is 2.44. The average molecular weight is 399 g/mol. The maximum Gasteiger partial charge on any atom is 0.249 e. The SMILES string of the molecule is CC(C)CC(NC(=O)Cc1ccc(Cl)cc1)C(=O)Nc1nc2ccccc2[nH]1. The minimum atomic E-state index is -0.645. The van der Waals surface area contributed by atoms with Crippen molar-refractivity contribution in [1.29, 1.82) is 0 Å². The molecule has 0 saturated carbocycles. The molecule has 28 heavy (non-hydrogen) atoms. The lowest BCUT2D eigenvalue weighted by Crippen LogP contribution is -2.45. The molecular formula is C21H23ClN4O2. The summed E-state index contributed by atoms with van der Waals surface area (Å²) in [6.07, 6.45) is 0.710. The van der Waals surface area contributed by atoms with Crippen LogP contribution in [0.3, 0.4) is 0 Å². The number of anilines is 1. The van der Waals surface area contributed by atoms with Crippen LogP contribution in [0.25, 0.3) is 11.0 Å². The molecule has 0 aliphatic rings. The summed E-state index contributed by atoms with van der Waals surface area (Å²) in [5, 5.41) is 6.23. The van der Waals surface area contributed by atoms with Gasteiger partial charge in [0.2, 0.25) is 17.8 Å². The number of aromatic amines is 1. The third-order valence-corrected chi connectivity index (χ3v) is 4.52. The van der Waals surface area contributed by atoms with E-state index in [2.05, 4.69) is 20.6 Å². The van der Waals surface area contributed by atoms with Crippen LogP contribution in [0, 0.1) is 5.92 Å². The number of H-pyrrole nitrogens is 1. The number of aromatic nitrogens is 2. The molecule has 6 nitrogen and oxygen atoms in total. The molecule has 1 unspecified atom stereocenters. The number of halogens is 1. The van der Waals surface area contributed by atoms with Crippen molar-refractivity contribution in [2.75, 3.05) is 5.32 Å². The Morgan fingerprint density at radius 1 is 1.11 bits per heavy atom. The molecule has 2 amide bonds. The number of nitrogens with one attached hydrogen (secondary N) is 3. The topological polar surface area (TPSA) is 86.9 Å². The summed E-state index contributed by atoms with van der Waals surface area (Å²) < 4.78 is 0. The Morgan fingerprint density at radius 2 is 1.82 bits per heavy atom. The van der Waals surface area contributed by atoms with Crippen molar-refractivity contribution in [3.05, 3.63) is 59.1 Å². The zero-order valence-corrected chi connectivity index (χ0v) is 16.6. The van der Waals surface area contributed by atoms with E-state index in [0.29, 0.717) is 17.4 Å². The second kappa shape index (κ2) is 8.89. The Labute approximate surface area is 168 Å². The molecular weight excluding hydrogens is 376 g/mol. The third-order valence-electron chi connectivity index (χ3n) is 4.27. The molecule has 146 valence electrons. The Bertz CT molecular complexity index is 933. The van der Waals surface area contributed by atoms with Gasteiger partial charge in [0.1, 0.15) is 6.04 Å². The monoisotopic (exact) mass is 398 g/mol. The highest BCUT2D eigenvalue weighted by atomic mass is 35.5. The van der Waals surface area contributed by atoms with Crippen LogP contribution in [0.5, 0.6) is 0 Å². The Hall–Kier alpha value is -2.86. The normalized spacial score (nSPS) is 12.1. The number of carbonyl (C=O) groups excluding carboxylic acids is 2. The predicted molar refractivity (Wildman–Crippen MR) is 111 cm³/mol. The van der Waals surface area contributed by atoms with E-state index in [4.69, 9.17) is 11.6 Å². The molecule has 0 spiro atoms. The zero-order valence-electron chi connectivity index (χ0n) is 15.8. The number of hydrogen-bond donors (Lipinski definition) is 3. The molecule has 0 aliphatic carbocycles. The van der Waals surface area contributed by atoms with Crippen LogP contribution < -0.4 is 10.6 Å². The highest BCUT2D eigenvalue weighted by molar-refractivity contribution is 6.30. The number of imidazole rings is 1. The average Bonchev–Trinajstić information content (AvgIpc) is 3.05. The van der Waals surface area contributed by atoms with E-state index in [9.17, 15) is 9.59 Å². The van der Waals surface area contributed by atoms with E-state index in [0.717, 1.165) is 16.6 Å². The molecule has 3 N–H and O–H groups in total. The fourth-order valence-electron chi connectivity index (χ4n) is 2.95. The van der Waals surface area contributed by atoms with Gasteiger partial charge in [-0.05, 0) is 42.2 Å². The molecule has 3 aromatic rings. The molecule has 0 aliphatic heterocycles. The largest absolute Gasteiger partial charge is 0.344 e. The van der Waals surface area contributed by atoms with Gasteiger partial charge in [-0.15, -0.1) is 0 Å². The minimum absolute atomic E-state index is 0.184. The van der Waals surface area contributed by atoms with E-state index in [-0.39, 0.29) is 24.2 Å². The van der Waals surface area contributed by atoms with Gasteiger partial charge in [0.25, 0.3) is 0 Å². The van der Waals surface area contributed by atoms with Gasteiger partial charge in [-0.3, -0.25) is 14.9 Å². The lowest BCUT2D eigenvalue weighted by Gasteiger charge is -2.19. The van der Waals surface area contributed by atoms with Crippen molar-refractivity contribution < 1.29 is 9.59 Å². The zero-order chi connectivity index (χ0) is 20.1. The standard InChI is InChI=1S/C21H23ClN4O2/c1-13(2)11-18(23-19(27)12-14-7-9-15(22)10-8-14)20(28)26-21-24-16-5-3-4-6-17(16)25-21/h3-10,13,18H,11-12H2,1-2H3,(H,23,27)(H2,24,25,26,28). The van der Waals surface area contributed by atoms with Gasteiger partial charge >= 0.3 is 0 Å². The third kappa shape index (κ3) is 5.33. The highest BCUT2D eigenvalue weighted by Gasteiger charge is 2.23. The molecule has 0 radical (unpaired) electrons. The van der Waals surface area contributed by atoms with E-state index < -0.39 is 6.04 Å². The van der Waals surface area contributed by atoms with Gasteiger partial charge in [0, 0.05) is 5.02 Å². The first-order chi connectivity index (χ1) is 13.4. The second-order valence-electron chi connectivity index (χ2n) is 7.14. The van der Waals surface area contributed by atoms with Crippen LogP contribution in [0.1, 0.15) is 25.8 Å². The lowest BCUT2D eigenvalue weighted by molar-refractivity contribution is -0.126. The minimum Gasteiger partial charge on any atom is -0.344 e. The Kier molecular flexibility index (Phi) is 6.31. The molecule has 0 bridgehead atoms. The maximum atomic E-state index is 12.8. The number of carbonyl (C=O) groups is 2. The smallest absolute Gasteiger partial charge is 0.249 e. The van der Waals surface area contributed by atoms with Gasteiger partial charge in [0.15, 0.2) is 0 Å². The maximum absolute atomic E-state index is 12.8. The van der Waals surface area contributed by atoms with Crippen molar-refractivity contribution in [3.63, 3.8) is 0 Å². The number of rotatable bonds is 7. The number of amides is 2. The van der Waals surface area contributed by atoms with Gasteiger partial charge in [-0.1, -0.05) is 49.7 Å². The fraction of sp³-hybridized carbons (Fsp3) is 0.286. The first-order valence-corrected chi connectivity index (χ1v) is 9.58. The second-order valence-corrected chi connectivity index (χ2v) is 7.58. The Balaban J connectivity index is 1.66. The number of benzene rings is 2. The first-order valence-electron chi connectivity index (χ1n) is 9.20. The van der Waals surface area contributed by atoms with Crippen molar-refractivity contribution in [2.24, 2.45) is 5.92 Å². The lowest BCUT2D eigenvalue weighted by atomic mass is 10.0. The number of fused-ring (bicyclic) bond motifs is 1. The molecule has 2 aromatic carbocycles. The van der Waals surface area contributed by atoms with Crippen LogP contribution in [-0.4, -0.2) is 27.8 Å². The van der Waals surface area contributed by atoms with Crippen LogP contribution in [0.2, 0.25) is 5.02 Å². The quantitative estimate of drug-likeness (QED) is 0.563. The number of para-hydroxylation sites is 2. The summed E-state index contributed by atoms with van der Waals surface area (Å²) in [5.74, 6) is 0.0964. The van der Waals surface area contributed by atoms with Gasteiger partial charge in [-0.2, -0.15) is 0 Å². The fourth-order valence-corrected chi connectivity index (χ4v) is 3.08. The molecule has 1 heterocycles. The van der Waals surface area contributed by atoms with Crippen molar-refractivity contribution in [3.8, 4) is 0 Å². The van der Waals surface area contributed by atoms with Crippen molar-refractivity contribution in [2.45, 2.75) is 32.7 Å². The summed E-state index contributed by atoms with van der Waals surface area (Å²) in [6.45, 7) is 4.01. The van der Waals surface area contributed by atoms with Crippen molar-refractivity contribution in [1.82, 2.24) is 15.3 Å². The molecule has 7 heteroatoms. The first kappa shape index (κ1) is 19.9. The van der Waals surface area contributed by atoms with E-state index in [1.165, 1.54) is 0 Å². The van der Waals surface area contributed by atoms with Crippen molar-refractivity contribution >= 4 is 40.4 Å². The van der Waals surface area contributed by atoms with Gasteiger partial charge in [0.05, 0.1) is 17.5 Å². The Morgan fingerprint density at radius 3 is 2.50 bits per heavy atom.